The third-order valence-corrected chi connectivity index (χ3v) is 5.62. The van der Waals surface area contributed by atoms with Crippen LogP contribution in [0.1, 0.15) is 35.7 Å². The van der Waals surface area contributed by atoms with Crippen LogP contribution >= 0.6 is 0 Å². The number of carboxylic acids is 2. The van der Waals surface area contributed by atoms with Crippen LogP contribution in [0.25, 0.3) is 0 Å². The Hall–Kier alpha value is -5.03. The molecule has 1 aliphatic heterocycles. The number of hydrogen-bond acceptors (Lipinski definition) is 7. The second-order valence-electron chi connectivity index (χ2n) is 9.07. The number of benzene rings is 2. The number of nitrogens with zero attached hydrogens (tertiary/aromatic N) is 1. The van der Waals surface area contributed by atoms with Gasteiger partial charge in [0.05, 0.1) is 12.4 Å². The summed E-state index contributed by atoms with van der Waals surface area (Å²) in [6.07, 6.45) is -8.27. The van der Waals surface area contributed by atoms with Gasteiger partial charge in [-0.3, -0.25) is 15.6 Å². The number of aliphatic carboxylic acids is 2. The van der Waals surface area contributed by atoms with Crippen molar-refractivity contribution in [3.63, 3.8) is 0 Å². The van der Waals surface area contributed by atoms with Crippen molar-refractivity contribution in [2.24, 2.45) is 5.73 Å². The quantitative estimate of drug-likeness (QED) is 0.106. The van der Waals surface area contributed by atoms with Gasteiger partial charge in [0.2, 0.25) is 0 Å². The Bertz CT molecular complexity index is 1290. The normalized spacial score (nSPS) is 13.2. The van der Waals surface area contributed by atoms with Crippen LogP contribution in [0.2, 0.25) is 0 Å². The first kappa shape index (κ1) is 38.0. The minimum Gasteiger partial charge on any atom is -0.492 e. The first-order valence-corrected chi connectivity index (χ1v) is 12.8. The summed E-state index contributed by atoms with van der Waals surface area (Å²) >= 11 is 0. The summed E-state index contributed by atoms with van der Waals surface area (Å²) in [6, 6.07) is 14.1. The lowest BCUT2D eigenvalue weighted by molar-refractivity contribution is -0.193. The molecule has 0 atom stereocenters. The number of amidine groups is 2. The summed E-state index contributed by atoms with van der Waals surface area (Å²) in [5, 5.41) is 32.2. The van der Waals surface area contributed by atoms with Crippen molar-refractivity contribution >= 4 is 29.5 Å². The fourth-order valence-corrected chi connectivity index (χ4v) is 3.38. The van der Waals surface area contributed by atoms with Gasteiger partial charge in [-0.25, -0.2) is 9.59 Å². The molecule has 2 aromatic rings. The Morgan fingerprint density at radius 2 is 1.42 bits per heavy atom. The molecular formula is C27H31F6N5O7. The van der Waals surface area contributed by atoms with E-state index in [1.54, 1.807) is 36.4 Å². The standard InChI is InChI=1S/C23H29N5O3.2C2HF3O2/c1-16(24)28-12-9-20(10-13-28)31-19-7-5-17(6-8-19)23(29)27-11-14-30-21-4-2-3-18(15-21)22(25)26;2*3-2(4,5)1(6)7/h2-8,15,20,24H,9-14H2,1H3,(H3,25,26)(H,27,29);2*(H,6,7). The topological polar surface area (TPSA) is 199 Å². The van der Waals surface area contributed by atoms with Crippen molar-refractivity contribution in [2.45, 2.75) is 38.2 Å². The van der Waals surface area contributed by atoms with Crippen molar-refractivity contribution in [2.75, 3.05) is 26.2 Å². The fraction of sp³-hybridized carbons (Fsp3) is 0.370. The molecule has 0 aliphatic carbocycles. The lowest BCUT2D eigenvalue weighted by Crippen LogP contribution is -2.40. The molecule has 0 aromatic heterocycles. The first-order valence-electron chi connectivity index (χ1n) is 12.8. The molecule has 248 valence electrons. The highest BCUT2D eigenvalue weighted by molar-refractivity contribution is 5.95. The molecule has 0 bridgehead atoms. The van der Waals surface area contributed by atoms with Gasteiger partial charge in [-0.15, -0.1) is 0 Å². The van der Waals surface area contributed by atoms with Crippen LogP contribution < -0.4 is 20.5 Å². The van der Waals surface area contributed by atoms with Crippen LogP contribution in [0.4, 0.5) is 26.3 Å². The largest absolute Gasteiger partial charge is 0.492 e. The van der Waals surface area contributed by atoms with Gasteiger partial charge in [0.1, 0.15) is 30.0 Å². The SMILES string of the molecule is CC(=N)N1CCC(Oc2ccc(C(=O)NCCOc3cccc(C(=N)N)c3)cc2)CC1.O=C(O)C(F)(F)F.O=C(O)C(F)(F)F. The van der Waals surface area contributed by atoms with E-state index in [2.05, 4.69) is 10.2 Å². The highest BCUT2D eigenvalue weighted by Gasteiger charge is 2.38. The molecule has 0 unspecified atom stereocenters. The Morgan fingerprint density at radius 3 is 1.87 bits per heavy atom. The summed E-state index contributed by atoms with van der Waals surface area (Å²) in [5.74, 6) is -3.76. The number of carboxylic acid groups (broad SMARTS) is 2. The van der Waals surface area contributed by atoms with Gasteiger partial charge >= 0.3 is 24.3 Å². The van der Waals surface area contributed by atoms with E-state index >= 15 is 0 Å². The lowest BCUT2D eigenvalue weighted by atomic mass is 10.1. The Kier molecular flexibility index (Phi) is 14.6. The van der Waals surface area contributed by atoms with Crippen molar-refractivity contribution in [3.8, 4) is 11.5 Å². The molecule has 1 aliphatic rings. The minimum atomic E-state index is -5.08. The molecule has 1 saturated heterocycles. The molecule has 18 heteroatoms. The maximum absolute atomic E-state index is 12.3. The maximum atomic E-state index is 12.3. The first-order chi connectivity index (χ1) is 20.8. The molecule has 12 nitrogen and oxygen atoms in total. The van der Waals surface area contributed by atoms with E-state index in [0.717, 1.165) is 31.7 Å². The molecule has 1 heterocycles. The van der Waals surface area contributed by atoms with Gasteiger partial charge in [-0.2, -0.15) is 26.3 Å². The van der Waals surface area contributed by atoms with E-state index in [-0.39, 0.29) is 17.8 Å². The van der Waals surface area contributed by atoms with Crippen LogP contribution in [-0.4, -0.2) is 89.3 Å². The highest BCUT2D eigenvalue weighted by Crippen LogP contribution is 2.20. The number of nitrogen functional groups attached to an aromatic ring is 1. The Balaban J connectivity index is 0.000000601. The predicted molar refractivity (Wildman–Crippen MR) is 148 cm³/mol. The van der Waals surface area contributed by atoms with Crippen LogP contribution in [0.5, 0.6) is 11.5 Å². The minimum absolute atomic E-state index is 0.0156. The molecule has 3 rings (SSSR count). The van der Waals surface area contributed by atoms with Gasteiger partial charge in [0.15, 0.2) is 0 Å². The molecular weight excluding hydrogens is 620 g/mol. The number of piperidine rings is 1. The number of hydrogen-bond donors (Lipinski definition) is 6. The second-order valence-corrected chi connectivity index (χ2v) is 9.07. The summed E-state index contributed by atoms with van der Waals surface area (Å²) in [4.78, 5) is 32.2. The molecule has 7 N–H and O–H groups in total. The van der Waals surface area contributed by atoms with E-state index in [4.69, 9.17) is 45.8 Å². The molecule has 0 saturated carbocycles. The van der Waals surface area contributed by atoms with Crippen LogP contribution in [0.3, 0.4) is 0 Å². The number of nitrogens with one attached hydrogen (secondary N) is 3. The van der Waals surface area contributed by atoms with Crippen LogP contribution in [0.15, 0.2) is 48.5 Å². The average Bonchev–Trinajstić information content (AvgIpc) is 2.95. The van der Waals surface area contributed by atoms with Gasteiger partial charge in [-0.1, -0.05) is 12.1 Å². The van der Waals surface area contributed by atoms with Crippen molar-refractivity contribution in [1.82, 2.24) is 10.2 Å². The highest BCUT2D eigenvalue weighted by atomic mass is 19.4. The number of likely N-dealkylation sites (tertiary alicyclic amines) is 1. The molecule has 2 aromatic carbocycles. The number of halogens is 6. The van der Waals surface area contributed by atoms with E-state index in [0.29, 0.717) is 35.9 Å². The number of ether oxygens (including phenoxy) is 2. The van der Waals surface area contributed by atoms with Crippen LogP contribution in [0, 0.1) is 10.8 Å². The monoisotopic (exact) mass is 651 g/mol. The molecule has 0 spiro atoms. The third kappa shape index (κ3) is 14.8. The maximum Gasteiger partial charge on any atom is 0.490 e. The Morgan fingerprint density at radius 1 is 0.911 bits per heavy atom. The number of rotatable bonds is 8. The number of carbonyl (C=O) groups is 3. The number of amides is 1. The van der Waals surface area contributed by atoms with E-state index in [1.807, 2.05) is 19.1 Å². The zero-order chi connectivity index (χ0) is 34.4. The number of nitrogens with two attached hydrogens (primary N) is 1. The molecule has 1 amide bonds. The molecule has 0 radical (unpaired) electrons. The van der Waals surface area contributed by atoms with Gasteiger partial charge in [-0.05, 0) is 43.3 Å². The fourth-order valence-electron chi connectivity index (χ4n) is 3.38. The summed E-state index contributed by atoms with van der Waals surface area (Å²) in [7, 11) is 0. The number of carbonyl (C=O) groups excluding carboxylic acids is 1. The third-order valence-electron chi connectivity index (χ3n) is 5.62. The predicted octanol–water partition coefficient (Wildman–Crippen LogP) is 3.89. The zero-order valence-corrected chi connectivity index (χ0v) is 23.7. The lowest BCUT2D eigenvalue weighted by Gasteiger charge is -2.32. The summed E-state index contributed by atoms with van der Waals surface area (Å²) in [5.41, 5.74) is 6.63. The summed E-state index contributed by atoms with van der Waals surface area (Å²) < 4.78 is 75.1. The van der Waals surface area contributed by atoms with Crippen LogP contribution in [-0.2, 0) is 9.59 Å². The van der Waals surface area contributed by atoms with Crippen molar-refractivity contribution < 1.29 is 60.4 Å². The average molecular weight is 652 g/mol. The van der Waals surface area contributed by atoms with Gasteiger partial charge < -0.3 is 35.6 Å². The van der Waals surface area contributed by atoms with Crippen molar-refractivity contribution in [1.29, 1.82) is 10.8 Å². The molecule has 1 fully saturated rings. The Labute approximate surface area is 252 Å². The zero-order valence-electron chi connectivity index (χ0n) is 23.7. The summed E-state index contributed by atoms with van der Waals surface area (Å²) in [6.45, 7) is 4.14. The van der Waals surface area contributed by atoms with E-state index in [1.165, 1.54) is 0 Å². The van der Waals surface area contributed by atoms with Crippen molar-refractivity contribution in [3.05, 3.63) is 59.7 Å². The van der Waals surface area contributed by atoms with E-state index in [9.17, 15) is 31.1 Å². The second kappa shape index (κ2) is 17.3. The van der Waals surface area contributed by atoms with E-state index < -0.39 is 24.3 Å². The number of alkyl halides is 6. The smallest absolute Gasteiger partial charge is 0.490 e. The van der Waals surface area contributed by atoms with Gasteiger partial charge in [0, 0.05) is 37.1 Å². The van der Waals surface area contributed by atoms with Gasteiger partial charge in [0.25, 0.3) is 5.91 Å². The molecule has 45 heavy (non-hydrogen) atoms.